The molecule has 8 heteroatoms. The first-order valence-corrected chi connectivity index (χ1v) is 15.7. The van der Waals surface area contributed by atoms with Crippen molar-refractivity contribution in [1.82, 2.24) is 9.55 Å². The molecular formula is C31H57N3O5. The topological polar surface area (TPSA) is 97.8 Å². The van der Waals surface area contributed by atoms with Crippen LogP contribution in [0.25, 0.3) is 0 Å². The van der Waals surface area contributed by atoms with Crippen molar-refractivity contribution >= 4 is 5.82 Å². The smallest absolute Gasteiger partial charge is 0.351 e. The highest BCUT2D eigenvalue weighted by Gasteiger charge is 2.48. The maximum absolute atomic E-state index is 12.7. The maximum Gasteiger partial charge on any atom is 0.351 e. The van der Waals surface area contributed by atoms with Crippen molar-refractivity contribution in [3.63, 3.8) is 0 Å². The molecule has 1 aromatic heterocycles. The Balaban J connectivity index is 1.79. The molecule has 1 fully saturated rings. The van der Waals surface area contributed by atoms with Crippen LogP contribution in [-0.2, 0) is 18.9 Å². The van der Waals surface area contributed by atoms with E-state index in [4.69, 9.17) is 24.7 Å². The highest BCUT2D eigenvalue weighted by atomic mass is 16.6. The molecule has 1 saturated heterocycles. The zero-order valence-corrected chi connectivity index (χ0v) is 25.4. The van der Waals surface area contributed by atoms with Gasteiger partial charge in [0, 0.05) is 12.8 Å². The van der Waals surface area contributed by atoms with Crippen LogP contribution in [0.5, 0.6) is 0 Å². The van der Waals surface area contributed by atoms with Crippen molar-refractivity contribution in [1.29, 1.82) is 0 Å². The molecule has 1 aliphatic rings. The lowest BCUT2D eigenvalue weighted by atomic mass is 10.0. The molecule has 0 spiro atoms. The van der Waals surface area contributed by atoms with E-state index in [0.29, 0.717) is 13.2 Å². The Bertz CT molecular complexity index is 816. The van der Waals surface area contributed by atoms with Gasteiger partial charge in [0.2, 0.25) is 0 Å². The number of hydrogen-bond acceptors (Lipinski definition) is 7. The van der Waals surface area contributed by atoms with Gasteiger partial charge in [-0.1, -0.05) is 90.4 Å². The first-order valence-electron chi connectivity index (χ1n) is 15.7. The minimum Gasteiger partial charge on any atom is -0.383 e. The SMILES string of the molecule is CCCCCCCCCCCCCCCCO[C@@H]1[C@H](OC(C)C)[C@@H](COC(C)C)O[C@H]1n1ccc(N)nc1=O. The summed E-state index contributed by atoms with van der Waals surface area (Å²) in [6.45, 7) is 11.2. The molecule has 0 radical (unpaired) electrons. The standard InChI is InChI=1S/C31H57N3O5/c1-6-7-8-9-10-11-12-13-14-15-16-17-18-19-22-36-29-28(38-25(4)5)26(23-37-24(2)3)39-30(29)34-21-20-27(32)33-31(34)35/h20-21,24-26,28-30H,6-19,22-23H2,1-5H3,(H2,32,33,35)/t26-,28-,29-,30-/m1/s1. The monoisotopic (exact) mass is 551 g/mol. The summed E-state index contributed by atoms with van der Waals surface area (Å²) < 4.78 is 26.3. The summed E-state index contributed by atoms with van der Waals surface area (Å²) in [4.78, 5) is 16.5. The molecule has 8 nitrogen and oxygen atoms in total. The zero-order chi connectivity index (χ0) is 28.5. The van der Waals surface area contributed by atoms with Crippen LogP contribution < -0.4 is 11.4 Å². The van der Waals surface area contributed by atoms with E-state index in [9.17, 15) is 4.79 Å². The molecular weight excluding hydrogens is 494 g/mol. The van der Waals surface area contributed by atoms with Gasteiger partial charge < -0.3 is 24.7 Å². The Morgan fingerprint density at radius 2 is 1.44 bits per heavy atom. The van der Waals surface area contributed by atoms with Crippen LogP contribution in [0.2, 0.25) is 0 Å². The molecule has 0 unspecified atom stereocenters. The normalized spacial score (nSPS) is 21.4. The molecule has 0 aromatic carbocycles. The summed E-state index contributed by atoms with van der Waals surface area (Å²) in [5, 5.41) is 0. The van der Waals surface area contributed by atoms with Crippen molar-refractivity contribution in [2.45, 2.75) is 161 Å². The van der Waals surface area contributed by atoms with Gasteiger partial charge >= 0.3 is 5.69 Å². The summed E-state index contributed by atoms with van der Waals surface area (Å²) in [6.07, 6.45) is 18.2. The van der Waals surface area contributed by atoms with Gasteiger partial charge in [-0.25, -0.2) is 4.79 Å². The van der Waals surface area contributed by atoms with E-state index >= 15 is 0 Å². The number of nitrogens with two attached hydrogens (primary N) is 1. The van der Waals surface area contributed by atoms with Crippen molar-refractivity contribution in [3.05, 3.63) is 22.7 Å². The number of ether oxygens (including phenoxy) is 4. The van der Waals surface area contributed by atoms with Gasteiger partial charge in [0.25, 0.3) is 0 Å². The van der Waals surface area contributed by atoms with Gasteiger partial charge in [-0.3, -0.25) is 4.57 Å². The predicted molar refractivity (Wildman–Crippen MR) is 158 cm³/mol. The molecule has 226 valence electrons. The minimum atomic E-state index is -0.651. The lowest BCUT2D eigenvalue weighted by Gasteiger charge is -2.27. The first kappa shape index (κ1) is 33.7. The van der Waals surface area contributed by atoms with E-state index in [1.54, 1.807) is 12.3 Å². The van der Waals surface area contributed by atoms with E-state index in [0.717, 1.165) is 12.8 Å². The van der Waals surface area contributed by atoms with E-state index in [1.807, 2.05) is 27.7 Å². The Morgan fingerprint density at radius 3 is 1.95 bits per heavy atom. The third-order valence-electron chi connectivity index (χ3n) is 7.24. The summed E-state index contributed by atoms with van der Waals surface area (Å²) in [5.41, 5.74) is 5.26. The Hall–Kier alpha value is -1.48. The molecule has 2 rings (SSSR count). The van der Waals surface area contributed by atoms with Gasteiger partial charge in [-0.15, -0.1) is 0 Å². The number of aromatic nitrogens is 2. The minimum absolute atomic E-state index is 0.0210. The quantitative estimate of drug-likeness (QED) is 0.158. The fraction of sp³-hybridized carbons (Fsp3) is 0.871. The molecule has 2 N–H and O–H groups in total. The largest absolute Gasteiger partial charge is 0.383 e. The van der Waals surface area contributed by atoms with Gasteiger partial charge in [0.15, 0.2) is 6.23 Å². The fourth-order valence-electron chi connectivity index (χ4n) is 5.15. The van der Waals surface area contributed by atoms with Crippen LogP contribution in [-0.4, -0.2) is 53.3 Å². The van der Waals surface area contributed by atoms with Crippen LogP contribution in [0.4, 0.5) is 5.82 Å². The van der Waals surface area contributed by atoms with Crippen molar-refractivity contribution < 1.29 is 18.9 Å². The van der Waals surface area contributed by atoms with Crippen molar-refractivity contribution in [3.8, 4) is 0 Å². The van der Waals surface area contributed by atoms with E-state index in [2.05, 4.69) is 11.9 Å². The summed E-state index contributed by atoms with van der Waals surface area (Å²) in [6, 6.07) is 1.60. The van der Waals surface area contributed by atoms with Crippen LogP contribution in [0.15, 0.2) is 17.1 Å². The average Bonchev–Trinajstić information content (AvgIpc) is 3.21. The highest BCUT2D eigenvalue weighted by Crippen LogP contribution is 2.34. The second kappa shape index (κ2) is 19.6. The molecule has 39 heavy (non-hydrogen) atoms. The summed E-state index contributed by atoms with van der Waals surface area (Å²) >= 11 is 0. The number of unbranched alkanes of at least 4 members (excludes halogenated alkanes) is 13. The van der Waals surface area contributed by atoms with E-state index in [-0.39, 0.29) is 30.2 Å². The zero-order valence-electron chi connectivity index (χ0n) is 25.4. The third kappa shape index (κ3) is 13.2. The molecule has 1 aromatic rings. The lowest BCUT2D eigenvalue weighted by molar-refractivity contribution is -0.103. The molecule has 0 saturated carbocycles. The molecule has 0 amide bonds. The number of nitrogen functional groups attached to an aromatic ring is 1. The van der Waals surface area contributed by atoms with E-state index in [1.165, 1.54) is 81.6 Å². The molecule has 2 heterocycles. The van der Waals surface area contributed by atoms with Crippen molar-refractivity contribution in [2.24, 2.45) is 0 Å². The second-order valence-electron chi connectivity index (χ2n) is 11.6. The molecule has 0 aliphatic carbocycles. The van der Waals surface area contributed by atoms with Gasteiger partial charge in [0.05, 0.1) is 18.8 Å². The number of hydrogen-bond donors (Lipinski definition) is 1. The summed E-state index contributed by atoms with van der Waals surface area (Å²) in [7, 11) is 0. The Kier molecular flexibility index (Phi) is 16.9. The third-order valence-corrected chi connectivity index (χ3v) is 7.24. The molecule has 4 atom stereocenters. The van der Waals surface area contributed by atoms with Gasteiger partial charge in [-0.05, 0) is 40.2 Å². The molecule has 1 aliphatic heterocycles. The number of anilines is 1. The Morgan fingerprint density at radius 1 is 0.872 bits per heavy atom. The fourth-order valence-corrected chi connectivity index (χ4v) is 5.15. The average molecular weight is 552 g/mol. The maximum atomic E-state index is 12.7. The lowest BCUT2D eigenvalue weighted by Crippen LogP contribution is -2.41. The van der Waals surface area contributed by atoms with Gasteiger partial charge in [-0.2, -0.15) is 4.98 Å². The first-order chi connectivity index (χ1) is 18.8. The highest BCUT2D eigenvalue weighted by molar-refractivity contribution is 5.23. The Labute approximate surface area is 237 Å². The molecule has 0 bridgehead atoms. The van der Waals surface area contributed by atoms with Crippen molar-refractivity contribution in [2.75, 3.05) is 18.9 Å². The number of nitrogens with zero attached hydrogens (tertiary/aromatic N) is 2. The van der Waals surface area contributed by atoms with Crippen LogP contribution >= 0.6 is 0 Å². The summed E-state index contributed by atoms with van der Waals surface area (Å²) in [5.74, 6) is 0.184. The number of rotatable bonds is 22. The van der Waals surface area contributed by atoms with Gasteiger partial charge in [0.1, 0.15) is 24.1 Å². The van der Waals surface area contributed by atoms with Crippen LogP contribution in [0, 0.1) is 0 Å². The predicted octanol–water partition coefficient (Wildman–Crippen LogP) is 6.81. The van der Waals surface area contributed by atoms with Crippen LogP contribution in [0.3, 0.4) is 0 Å². The van der Waals surface area contributed by atoms with E-state index < -0.39 is 18.0 Å². The van der Waals surface area contributed by atoms with Crippen LogP contribution in [0.1, 0.15) is 131 Å². The second-order valence-corrected chi connectivity index (χ2v) is 11.6.